The van der Waals surface area contributed by atoms with E-state index in [4.69, 9.17) is 9.84 Å². The Morgan fingerprint density at radius 2 is 1.94 bits per heavy atom. The molecule has 0 radical (unpaired) electrons. The SMILES string of the molecule is COCC1(CNC(=O)NCCC(=O)O)CCCC1. The fourth-order valence-corrected chi connectivity index (χ4v) is 2.42. The Kier molecular flexibility index (Phi) is 5.91. The Labute approximate surface area is 107 Å². The molecular weight excluding hydrogens is 236 g/mol. The van der Waals surface area contributed by atoms with Crippen LogP contribution in [0.1, 0.15) is 32.1 Å². The molecule has 0 saturated heterocycles. The maximum atomic E-state index is 11.5. The summed E-state index contributed by atoms with van der Waals surface area (Å²) in [4.78, 5) is 21.8. The van der Waals surface area contributed by atoms with E-state index in [0.29, 0.717) is 13.2 Å². The zero-order chi connectivity index (χ0) is 13.4. The van der Waals surface area contributed by atoms with Crippen LogP contribution in [0.3, 0.4) is 0 Å². The van der Waals surface area contributed by atoms with Gasteiger partial charge in [0.25, 0.3) is 0 Å². The fourth-order valence-electron chi connectivity index (χ4n) is 2.42. The molecule has 2 amide bonds. The maximum absolute atomic E-state index is 11.5. The molecule has 1 aliphatic rings. The van der Waals surface area contributed by atoms with Crippen molar-refractivity contribution in [3.63, 3.8) is 0 Å². The number of carboxylic acids is 1. The van der Waals surface area contributed by atoms with Crippen LogP contribution in [0.2, 0.25) is 0 Å². The monoisotopic (exact) mass is 258 g/mol. The van der Waals surface area contributed by atoms with E-state index < -0.39 is 5.97 Å². The second kappa shape index (κ2) is 7.20. The van der Waals surface area contributed by atoms with Crippen LogP contribution in [-0.4, -0.2) is 43.9 Å². The quantitative estimate of drug-likeness (QED) is 0.635. The number of urea groups is 1. The zero-order valence-corrected chi connectivity index (χ0v) is 10.8. The van der Waals surface area contributed by atoms with Crippen LogP contribution in [0.5, 0.6) is 0 Å². The highest BCUT2D eigenvalue weighted by atomic mass is 16.5. The van der Waals surface area contributed by atoms with Crippen molar-refractivity contribution in [2.24, 2.45) is 5.41 Å². The van der Waals surface area contributed by atoms with Gasteiger partial charge in [0.2, 0.25) is 0 Å². The first-order chi connectivity index (χ1) is 8.58. The average Bonchev–Trinajstić information content (AvgIpc) is 2.76. The smallest absolute Gasteiger partial charge is 0.314 e. The van der Waals surface area contributed by atoms with E-state index in [2.05, 4.69) is 10.6 Å². The molecule has 0 bridgehead atoms. The number of methoxy groups -OCH3 is 1. The predicted molar refractivity (Wildman–Crippen MR) is 66.4 cm³/mol. The number of hydrogen-bond acceptors (Lipinski definition) is 3. The first-order valence-corrected chi connectivity index (χ1v) is 6.30. The van der Waals surface area contributed by atoms with Gasteiger partial charge in [-0.05, 0) is 12.8 Å². The van der Waals surface area contributed by atoms with Crippen LogP contribution in [-0.2, 0) is 9.53 Å². The Balaban J connectivity index is 2.25. The van der Waals surface area contributed by atoms with Crippen LogP contribution < -0.4 is 10.6 Å². The highest BCUT2D eigenvalue weighted by Gasteiger charge is 2.34. The molecule has 3 N–H and O–H groups in total. The van der Waals surface area contributed by atoms with Crippen LogP contribution in [0.15, 0.2) is 0 Å². The second-order valence-corrected chi connectivity index (χ2v) is 4.89. The average molecular weight is 258 g/mol. The lowest BCUT2D eigenvalue weighted by Crippen LogP contribution is -2.43. The van der Waals surface area contributed by atoms with Crippen molar-refractivity contribution >= 4 is 12.0 Å². The number of hydrogen-bond donors (Lipinski definition) is 3. The van der Waals surface area contributed by atoms with Gasteiger partial charge < -0.3 is 20.5 Å². The van der Waals surface area contributed by atoms with Crippen molar-refractivity contribution in [2.75, 3.05) is 26.8 Å². The van der Waals surface area contributed by atoms with Crippen LogP contribution in [0, 0.1) is 5.41 Å². The summed E-state index contributed by atoms with van der Waals surface area (Å²) < 4.78 is 5.22. The number of carbonyl (C=O) groups excluding carboxylic acids is 1. The molecule has 0 aromatic carbocycles. The van der Waals surface area contributed by atoms with Gasteiger partial charge in [-0.2, -0.15) is 0 Å². The number of ether oxygens (including phenoxy) is 1. The third-order valence-electron chi connectivity index (χ3n) is 3.36. The molecule has 1 fully saturated rings. The Hall–Kier alpha value is -1.30. The lowest BCUT2D eigenvalue weighted by molar-refractivity contribution is -0.136. The van der Waals surface area contributed by atoms with Gasteiger partial charge >= 0.3 is 12.0 Å². The van der Waals surface area contributed by atoms with Crippen LogP contribution in [0.25, 0.3) is 0 Å². The lowest BCUT2D eigenvalue weighted by Gasteiger charge is -2.28. The van der Waals surface area contributed by atoms with E-state index in [9.17, 15) is 9.59 Å². The molecular formula is C12H22N2O4. The summed E-state index contributed by atoms with van der Waals surface area (Å²) in [6, 6.07) is -0.307. The van der Waals surface area contributed by atoms with Gasteiger partial charge in [-0.1, -0.05) is 12.8 Å². The number of aliphatic carboxylic acids is 1. The standard InChI is InChI=1S/C12H22N2O4/c1-18-9-12(5-2-3-6-12)8-14-11(17)13-7-4-10(15)16/h2-9H2,1H3,(H,15,16)(H2,13,14,17). The highest BCUT2D eigenvalue weighted by molar-refractivity contribution is 5.75. The number of carboxylic acid groups (broad SMARTS) is 1. The molecule has 0 unspecified atom stereocenters. The Bertz CT molecular complexity index is 288. The Morgan fingerprint density at radius 3 is 2.50 bits per heavy atom. The first kappa shape index (κ1) is 14.8. The van der Waals surface area contributed by atoms with Crippen molar-refractivity contribution < 1.29 is 19.4 Å². The number of carbonyl (C=O) groups is 2. The van der Waals surface area contributed by atoms with Gasteiger partial charge in [0.05, 0.1) is 13.0 Å². The highest BCUT2D eigenvalue weighted by Crippen LogP contribution is 2.37. The Morgan fingerprint density at radius 1 is 1.28 bits per heavy atom. The summed E-state index contributed by atoms with van der Waals surface area (Å²) in [5, 5.41) is 13.8. The zero-order valence-electron chi connectivity index (χ0n) is 10.8. The van der Waals surface area contributed by atoms with Crippen molar-refractivity contribution in [3.8, 4) is 0 Å². The van der Waals surface area contributed by atoms with E-state index >= 15 is 0 Å². The van der Waals surface area contributed by atoms with Gasteiger partial charge in [-0.3, -0.25) is 4.79 Å². The largest absolute Gasteiger partial charge is 0.481 e. The number of nitrogens with one attached hydrogen (secondary N) is 2. The van der Waals surface area contributed by atoms with E-state index in [1.165, 1.54) is 12.8 Å². The maximum Gasteiger partial charge on any atom is 0.314 e. The topological polar surface area (TPSA) is 87.7 Å². The van der Waals surface area contributed by atoms with Gasteiger partial charge in [0.15, 0.2) is 0 Å². The van der Waals surface area contributed by atoms with Crippen molar-refractivity contribution in [1.29, 1.82) is 0 Å². The molecule has 0 aliphatic heterocycles. The molecule has 0 heterocycles. The molecule has 0 spiro atoms. The van der Waals surface area contributed by atoms with Gasteiger partial charge in [-0.15, -0.1) is 0 Å². The van der Waals surface area contributed by atoms with Crippen molar-refractivity contribution in [3.05, 3.63) is 0 Å². The third-order valence-corrected chi connectivity index (χ3v) is 3.36. The fraction of sp³-hybridized carbons (Fsp3) is 0.833. The van der Waals surface area contributed by atoms with E-state index in [1.807, 2.05) is 0 Å². The molecule has 6 nitrogen and oxygen atoms in total. The number of amides is 2. The summed E-state index contributed by atoms with van der Waals surface area (Å²) in [5.74, 6) is -0.915. The lowest BCUT2D eigenvalue weighted by atomic mass is 9.87. The molecule has 1 aliphatic carbocycles. The van der Waals surface area contributed by atoms with Crippen LogP contribution in [0.4, 0.5) is 4.79 Å². The molecule has 6 heteroatoms. The summed E-state index contributed by atoms with van der Waals surface area (Å²) in [6.07, 6.45) is 4.42. The van der Waals surface area contributed by atoms with Crippen LogP contribution >= 0.6 is 0 Å². The van der Waals surface area contributed by atoms with Crippen molar-refractivity contribution in [1.82, 2.24) is 10.6 Å². The molecule has 0 atom stereocenters. The first-order valence-electron chi connectivity index (χ1n) is 6.30. The molecule has 1 saturated carbocycles. The van der Waals surface area contributed by atoms with Crippen molar-refractivity contribution in [2.45, 2.75) is 32.1 Å². The molecule has 1 rings (SSSR count). The second-order valence-electron chi connectivity index (χ2n) is 4.89. The summed E-state index contributed by atoms with van der Waals surface area (Å²) in [6.45, 7) is 1.39. The van der Waals surface area contributed by atoms with E-state index in [-0.39, 0.29) is 24.4 Å². The normalized spacial score (nSPS) is 17.4. The molecule has 0 aromatic heterocycles. The van der Waals surface area contributed by atoms with Gasteiger partial charge in [0.1, 0.15) is 0 Å². The minimum absolute atomic E-state index is 0.0545. The summed E-state index contributed by atoms with van der Waals surface area (Å²) >= 11 is 0. The predicted octanol–water partition coefficient (Wildman–Crippen LogP) is 0.967. The third kappa shape index (κ3) is 4.91. The molecule has 0 aromatic rings. The number of rotatable bonds is 7. The summed E-state index contributed by atoms with van der Waals surface area (Å²) in [7, 11) is 1.67. The minimum atomic E-state index is -0.915. The molecule has 104 valence electrons. The van der Waals surface area contributed by atoms with Gasteiger partial charge in [0, 0.05) is 25.6 Å². The summed E-state index contributed by atoms with van der Waals surface area (Å²) in [5.41, 5.74) is 0.0545. The molecule has 18 heavy (non-hydrogen) atoms. The van der Waals surface area contributed by atoms with E-state index in [0.717, 1.165) is 12.8 Å². The van der Waals surface area contributed by atoms with E-state index in [1.54, 1.807) is 7.11 Å². The van der Waals surface area contributed by atoms with Gasteiger partial charge in [-0.25, -0.2) is 4.79 Å². The minimum Gasteiger partial charge on any atom is -0.481 e.